The molecular formula is C11H17N3S. The molecule has 2 N–H and O–H groups in total. The fourth-order valence-corrected chi connectivity index (χ4v) is 2.77. The quantitative estimate of drug-likeness (QED) is 0.790. The summed E-state index contributed by atoms with van der Waals surface area (Å²) in [5.74, 6) is 3.38. The average molecular weight is 223 g/mol. The Morgan fingerprint density at radius 2 is 2.40 bits per heavy atom. The lowest BCUT2D eigenvalue weighted by Gasteiger charge is -2.34. The van der Waals surface area contributed by atoms with E-state index in [1.807, 2.05) is 30.9 Å². The van der Waals surface area contributed by atoms with Crippen LogP contribution in [0.1, 0.15) is 12.5 Å². The Hall–Kier alpha value is -0.900. The van der Waals surface area contributed by atoms with E-state index in [0.717, 1.165) is 23.6 Å². The summed E-state index contributed by atoms with van der Waals surface area (Å²) in [5.41, 5.74) is 7.79. The summed E-state index contributed by atoms with van der Waals surface area (Å²) in [6, 6.07) is 2.54. The standard InChI is InChI=1S/C11H17N3S/c1-8-6-13-11(5-10(8)12)14-3-4-15-7-9(14)2/h5-6,9H,3-4,7H2,1-2H3,(H2,12,13). The molecule has 1 aliphatic rings. The number of anilines is 2. The van der Waals surface area contributed by atoms with Gasteiger partial charge < -0.3 is 10.6 Å². The molecular weight excluding hydrogens is 206 g/mol. The van der Waals surface area contributed by atoms with Gasteiger partial charge in [-0.3, -0.25) is 0 Å². The third-order valence-corrected chi connectivity index (χ3v) is 3.98. The second-order valence-electron chi connectivity index (χ2n) is 4.02. The van der Waals surface area contributed by atoms with Gasteiger partial charge in [0.2, 0.25) is 0 Å². The number of rotatable bonds is 1. The van der Waals surface area contributed by atoms with Crippen LogP contribution in [0.5, 0.6) is 0 Å². The van der Waals surface area contributed by atoms with Crippen molar-refractivity contribution in [1.29, 1.82) is 0 Å². The van der Waals surface area contributed by atoms with Crippen molar-refractivity contribution in [3.05, 3.63) is 17.8 Å². The van der Waals surface area contributed by atoms with E-state index in [9.17, 15) is 0 Å². The Morgan fingerprint density at radius 3 is 3.07 bits per heavy atom. The molecule has 0 spiro atoms. The van der Waals surface area contributed by atoms with E-state index < -0.39 is 0 Å². The fourth-order valence-electron chi connectivity index (χ4n) is 1.75. The number of hydrogen-bond acceptors (Lipinski definition) is 4. The maximum atomic E-state index is 5.90. The second-order valence-corrected chi connectivity index (χ2v) is 5.17. The molecule has 2 heterocycles. The Kier molecular flexibility index (Phi) is 3.05. The smallest absolute Gasteiger partial charge is 0.130 e. The molecule has 15 heavy (non-hydrogen) atoms. The maximum absolute atomic E-state index is 5.90. The molecule has 1 aromatic rings. The summed E-state index contributed by atoms with van der Waals surface area (Å²) in [6.45, 7) is 5.30. The zero-order chi connectivity index (χ0) is 10.8. The van der Waals surface area contributed by atoms with Crippen molar-refractivity contribution in [2.75, 3.05) is 28.7 Å². The first-order valence-corrected chi connectivity index (χ1v) is 6.40. The normalized spacial score (nSPS) is 21.7. The van der Waals surface area contributed by atoms with Gasteiger partial charge in [0.05, 0.1) is 0 Å². The van der Waals surface area contributed by atoms with Gasteiger partial charge >= 0.3 is 0 Å². The summed E-state index contributed by atoms with van der Waals surface area (Å²) in [7, 11) is 0. The van der Waals surface area contributed by atoms with Gasteiger partial charge in [-0.05, 0) is 19.4 Å². The van der Waals surface area contributed by atoms with Gasteiger partial charge in [0.25, 0.3) is 0 Å². The van der Waals surface area contributed by atoms with Crippen molar-refractivity contribution in [2.24, 2.45) is 0 Å². The minimum absolute atomic E-state index is 0.554. The van der Waals surface area contributed by atoms with Crippen LogP contribution in [0.15, 0.2) is 12.3 Å². The molecule has 1 atom stereocenters. The highest BCUT2D eigenvalue weighted by Gasteiger charge is 2.19. The van der Waals surface area contributed by atoms with Crippen molar-refractivity contribution in [2.45, 2.75) is 19.9 Å². The Morgan fingerprint density at radius 1 is 1.60 bits per heavy atom. The van der Waals surface area contributed by atoms with E-state index in [1.165, 1.54) is 11.5 Å². The first-order chi connectivity index (χ1) is 7.18. The van der Waals surface area contributed by atoms with Crippen LogP contribution in [0.25, 0.3) is 0 Å². The number of nitrogens with two attached hydrogens (primary N) is 1. The number of aryl methyl sites for hydroxylation is 1. The zero-order valence-corrected chi connectivity index (χ0v) is 10.0. The Balaban J connectivity index is 2.24. The van der Waals surface area contributed by atoms with Gasteiger partial charge in [-0.25, -0.2) is 4.98 Å². The van der Waals surface area contributed by atoms with E-state index >= 15 is 0 Å². The van der Waals surface area contributed by atoms with Crippen LogP contribution in [-0.4, -0.2) is 29.1 Å². The van der Waals surface area contributed by atoms with Crippen molar-refractivity contribution in [3.63, 3.8) is 0 Å². The van der Waals surface area contributed by atoms with Gasteiger partial charge in [-0.2, -0.15) is 11.8 Å². The molecule has 0 radical (unpaired) electrons. The predicted molar refractivity (Wildman–Crippen MR) is 67.5 cm³/mol. The summed E-state index contributed by atoms with van der Waals surface area (Å²) in [4.78, 5) is 6.79. The first kappa shape index (κ1) is 10.6. The molecule has 82 valence electrons. The molecule has 4 heteroatoms. The van der Waals surface area contributed by atoms with Crippen LogP contribution in [-0.2, 0) is 0 Å². The predicted octanol–water partition coefficient (Wildman–Crippen LogP) is 1.91. The summed E-state index contributed by atoms with van der Waals surface area (Å²) < 4.78 is 0. The summed E-state index contributed by atoms with van der Waals surface area (Å²) in [6.07, 6.45) is 1.86. The summed E-state index contributed by atoms with van der Waals surface area (Å²) >= 11 is 2.01. The number of pyridine rings is 1. The molecule has 0 bridgehead atoms. The minimum Gasteiger partial charge on any atom is -0.398 e. The van der Waals surface area contributed by atoms with E-state index in [2.05, 4.69) is 16.8 Å². The number of hydrogen-bond donors (Lipinski definition) is 1. The van der Waals surface area contributed by atoms with Crippen molar-refractivity contribution >= 4 is 23.3 Å². The van der Waals surface area contributed by atoms with E-state index in [0.29, 0.717) is 6.04 Å². The van der Waals surface area contributed by atoms with Crippen LogP contribution in [0, 0.1) is 6.92 Å². The summed E-state index contributed by atoms with van der Waals surface area (Å²) in [5, 5.41) is 0. The minimum atomic E-state index is 0.554. The molecule has 2 rings (SSSR count). The molecule has 0 saturated carbocycles. The highest BCUT2D eigenvalue weighted by Crippen LogP contribution is 2.24. The number of nitrogens with zero attached hydrogens (tertiary/aromatic N) is 2. The molecule has 1 aliphatic heterocycles. The van der Waals surface area contributed by atoms with E-state index in [1.54, 1.807) is 0 Å². The van der Waals surface area contributed by atoms with Crippen molar-refractivity contribution in [3.8, 4) is 0 Å². The lowest BCUT2D eigenvalue weighted by molar-refractivity contribution is 0.690. The van der Waals surface area contributed by atoms with E-state index in [-0.39, 0.29) is 0 Å². The first-order valence-electron chi connectivity index (χ1n) is 5.25. The van der Waals surface area contributed by atoms with E-state index in [4.69, 9.17) is 5.73 Å². The van der Waals surface area contributed by atoms with Crippen molar-refractivity contribution in [1.82, 2.24) is 4.98 Å². The molecule has 3 nitrogen and oxygen atoms in total. The largest absolute Gasteiger partial charge is 0.398 e. The van der Waals surface area contributed by atoms with Crippen LogP contribution >= 0.6 is 11.8 Å². The molecule has 1 aromatic heterocycles. The van der Waals surface area contributed by atoms with Gasteiger partial charge in [-0.15, -0.1) is 0 Å². The fraction of sp³-hybridized carbons (Fsp3) is 0.545. The van der Waals surface area contributed by atoms with Gasteiger partial charge in [-0.1, -0.05) is 0 Å². The monoisotopic (exact) mass is 223 g/mol. The highest BCUT2D eigenvalue weighted by molar-refractivity contribution is 7.99. The third kappa shape index (κ3) is 2.20. The lowest BCUT2D eigenvalue weighted by Crippen LogP contribution is -2.40. The third-order valence-electron chi connectivity index (χ3n) is 2.79. The molecule has 1 saturated heterocycles. The van der Waals surface area contributed by atoms with Gasteiger partial charge in [0.1, 0.15) is 5.82 Å². The number of thioether (sulfide) groups is 1. The Bertz CT molecular complexity index is 354. The number of nitrogen functional groups attached to an aromatic ring is 1. The van der Waals surface area contributed by atoms with Crippen LogP contribution in [0.4, 0.5) is 11.5 Å². The zero-order valence-electron chi connectivity index (χ0n) is 9.23. The van der Waals surface area contributed by atoms with Crippen molar-refractivity contribution < 1.29 is 0 Å². The second kappa shape index (κ2) is 4.31. The lowest BCUT2D eigenvalue weighted by atomic mass is 10.2. The average Bonchev–Trinajstić information content (AvgIpc) is 2.23. The van der Waals surface area contributed by atoms with Crippen LogP contribution < -0.4 is 10.6 Å². The molecule has 0 aromatic carbocycles. The molecule has 0 amide bonds. The SMILES string of the molecule is Cc1cnc(N2CCSCC2C)cc1N. The maximum Gasteiger partial charge on any atom is 0.130 e. The number of aromatic nitrogens is 1. The van der Waals surface area contributed by atoms with Crippen LogP contribution in [0.3, 0.4) is 0 Å². The van der Waals surface area contributed by atoms with Gasteiger partial charge in [0.15, 0.2) is 0 Å². The highest BCUT2D eigenvalue weighted by atomic mass is 32.2. The molecule has 0 aliphatic carbocycles. The molecule has 1 fully saturated rings. The topological polar surface area (TPSA) is 42.2 Å². The molecule has 1 unspecified atom stereocenters. The van der Waals surface area contributed by atoms with Crippen LogP contribution in [0.2, 0.25) is 0 Å². The van der Waals surface area contributed by atoms with Gasteiger partial charge in [0, 0.05) is 42.0 Å². The Labute approximate surface area is 95.1 Å².